The maximum atomic E-state index is 12.6. The van der Waals surface area contributed by atoms with Gasteiger partial charge in [-0.15, -0.1) is 24.0 Å². The van der Waals surface area contributed by atoms with Gasteiger partial charge >= 0.3 is 15.5 Å². The smallest absolute Gasteiger partial charge is 0.381 e. The highest BCUT2D eigenvalue weighted by atomic mass is 127. The van der Waals surface area contributed by atoms with E-state index in [2.05, 4.69) is 22.5 Å². The summed E-state index contributed by atoms with van der Waals surface area (Å²) in [4.78, 5) is 4.10. The van der Waals surface area contributed by atoms with Crippen molar-refractivity contribution in [1.82, 2.24) is 14.9 Å². The van der Waals surface area contributed by atoms with Crippen LogP contribution in [-0.4, -0.2) is 70.6 Å². The van der Waals surface area contributed by atoms with Gasteiger partial charge in [0.1, 0.15) is 0 Å². The molecule has 1 aliphatic rings. The largest absolute Gasteiger partial charge is 0.511 e. The Hall–Kier alpha value is -0.340. The predicted octanol–water partition coefficient (Wildman–Crippen LogP) is 2.54. The number of nitrogens with one attached hydrogen (secondary N) is 2. The molecule has 0 unspecified atom stereocenters. The van der Waals surface area contributed by atoms with E-state index in [1.165, 1.54) is 0 Å². The number of rotatable bonds is 10. The zero-order valence-electron chi connectivity index (χ0n) is 16.4. The van der Waals surface area contributed by atoms with Gasteiger partial charge in [-0.25, -0.2) is 8.42 Å². The van der Waals surface area contributed by atoms with Crippen LogP contribution < -0.4 is 10.6 Å². The van der Waals surface area contributed by atoms with Crippen LogP contribution in [0.1, 0.15) is 39.0 Å². The minimum atomic E-state index is -5.23. The quantitative estimate of drug-likeness (QED) is 0.191. The maximum Gasteiger partial charge on any atom is 0.511 e. The molecule has 0 bridgehead atoms. The van der Waals surface area contributed by atoms with Crippen molar-refractivity contribution in [3.05, 3.63) is 0 Å². The molecule has 0 saturated carbocycles. The number of unbranched alkanes of at least 4 members (excludes halogenated alkanes) is 1. The second kappa shape index (κ2) is 13.8. The van der Waals surface area contributed by atoms with Crippen LogP contribution in [0.3, 0.4) is 0 Å². The van der Waals surface area contributed by atoms with Crippen LogP contribution in [0, 0.1) is 5.92 Å². The number of nitrogens with zero attached hydrogens (tertiary/aromatic N) is 2. The molecule has 1 rings (SSSR count). The van der Waals surface area contributed by atoms with E-state index in [1.807, 2.05) is 0 Å². The molecule has 0 aliphatic carbocycles. The molecule has 1 heterocycles. The average molecular weight is 544 g/mol. The van der Waals surface area contributed by atoms with Crippen molar-refractivity contribution in [2.75, 3.05) is 46.4 Å². The van der Waals surface area contributed by atoms with E-state index in [1.54, 1.807) is 7.05 Å². The lowest BCUT2D eigenvalue weighted by Crippen LogP contribution is -2.47. The van der Waals surface area contributed by atoms with E-state index in [-0.39, 0.29) is 43.0 Å². The van der Waals surface area contributed by atoms with Crippen molar-refractivity contribution in [2.24, 2.45) is 10.9 Å². The Morgan fingerprint density at radius 1 is 1.18 bits per heavy atom. The van der Waals surface area contributed by atoms with Crippen molar-refractivity contribution in [3.63, 3.8) is 0 Å². The molecule has 0 aromatic heterocycles. The van der Waals surface area contributed by atoms with Crippen LogP contribution in [0.15, 0.2) is 4.99 Å². The van der Waals surface area contributed by atoms with E-state index in [9.17, 15) is 21.6 Å². The molecule has 0 spiro atoms. The molecule has 0 aromatic rings. The van der Waals surface area contributed by atoms with Crippen molar-refractivity contribution >= 4 is 40.0 Å². The van der Waals surface area contributed by atoms with Gasteiger partial charge in [-0.2, -0.15) is 17.5 Å². The third-order valence-electron chi connectivity index (χ3n) is 4.39. The van der Waals surface area contributed by atoms with E-state index in [0.717, 1.165) is 25.9 Å². The summed E-state index contributed by atoms with van der Waals surface area (Å²) in [5.74, 6) is 0.717. The number of halogens is 4. The van der Waals surface area contributed by atoms with E-state index < -0.39 is 15.5 Å². The minimum Gasteiger partial charge on any atom is -0.381 e. The number of ether oxygens (including phenoxy) is 1. The third kappa shape index (κ3) is 9.44. The number of guanidine groups is 1. The number of aliphatic imine (C=N–C) groups is 1. The molecule has 1 aliphatic heterocycles. The molecule has 1 saturated heterocycles. The Morgan fingerprint density at radius 3 is 2.32 bits per heavy atom. The zero-order chi connectivity index (χ0) is 20.3. The first-order chi connectivity index (χ1) is 12.7. The fourth-order valence-electron chi connectivity index (χ4n) is 2.69. The number of piperidine rings is 1. The van der Waals surface area contributed by atoms with Gasteiger partial charge in [0.25, 0.3) is 0 Å². The number of hydrogen-bond donors (Lipinski definition) is 2. The molecular formula is C16H32F3IN4O3S. The van der Waals surface area contributed by atoms with Crippen molar-refractivity contribution in [2.45, 2.75) is 44.5 Å². The maximum absolute atomic E-state index is 12.6. The van der Waals surface area contributed by atoms with Crippen LogP contribution in [0.4, 0.5) is 13.2 Å². The fourth-order valence-corrected chi connectivity index (χ4v) is 3.68. The lowest BCUT2D eigenvalue weighted by atomic mass is 9.98. The molecule has 7 nitrogen and oxygen atoms in total. The van der Waals surface area contributed by atoms with E-state index in [4.69, 9.17) is 4.74 Å². The van der Waals surface area contributed by atoms with Crippen LogP contribution in [-0.2, 0) is 14.8 Å². The lowest BCUT2D eigenvalue weighted by Gasteiger charge is -2.31. The second-order valence-corrected chi connectivity index (χ2v) is 8.42. The summed E-state index contributed by atoms with van der Waals surface area (Å²) < 4.78 is 66.5. The van der Waals surface area contributed by atoms with Crippen LogP contribution >= 0.6 is 24.0 Å². The molecule has 0 atom stereocenters. The molecule has 1 fully saturated rings. The Labute approximate surface area is 182 Å². The Balaban J connectivity index is 0.00000729. The molecule has 0 amide bonds. The molecule has 168 valence electrons. The van der Waals surface area contributed by atoms with Gasteiger partial charge in [0.15, 0.2) is 5.96 Å². The fraction of sp³-hybridized carbons (Fsp3) is 0.938. The minimum absolute atomic E-state index is 0. The summed E-state index contributed by atoms with van der Waals surface area (Å²) in [5, 5.41) is 6.30. The second-order valence-electron chi connectivity index (χ2n) is 6.49. The molecule has 0 aromatic carbocycles. The SMILES string of the molecule is CCCCOCCCNC(=NC)NCC1CCN(S(=O)(=O)C(F)(F)F)CC1.I. The molecule has 2 N–H and O–H groups in total. The van der Waals surface area contributed by atoms with Gasteiger partial charge in [-0.05, 0) is 31.6 Å². The summed E-state index contributed by atoms with van der Waals surface area (Å²) >= 11 is 0. The van der Waals surface area contributed by atoms with Crippen molar-refractivity contribution in [1.29, 1.82) is 0 Å². The van der Waals surface area contributed by atoms with Gasteiger partial charge in [0.05, 0.1) is 0 Å². The lowest BCUT2D eigenvalue weighted by molar-refractivity contribution is -0.0496. The highest BCUT2D eigenvalue weighted by Gasteiger charge is 2.50. The van der Waals surface area contributed by atoms with Crippen molar-refractivity contribution in [3.8, 4) is 0 Å². The summed E-state index contributed by atoms with van der Waals surface area (Å²) in [7, 11) is -3.57. The van der Waals surface area contributed by atoms with Crippen LogP contribution in [0.5, 0.6) is 0 Å². The van der Waals surface area contributed by atoms with Crippen LogP contribution in [0.25, 0.3) is 0 Å². The van der Waals surface area contributed by atoms with Gasteiger partial charge in [0.2, 0.25) is 0 Å². The van der Waals surface area contributed by atoms with E-state index >= 15 is 0 Å². The number of sulfonamides is 1. The molecular weight excluding hydrogens is 512 g/mol. The number of alkyl halides is 3. The monoisotopic (exact) mass is 544 g/mol. The highest BCUT2D eigenvalue weighted by molar-refractivity contribution is 14.0. The zero-order valence-corrected chi connectivity index (χ0v) is 19.6. The van der Waals surface area contributed by atoms with E-state index in [0.29, 0.717) is 42.8 Å². The first-order valence-corrected chi connectivity index (χ1v) is 10.7. The van der Waals surface area contributed by atoms with Gasteiger partial charge in [-0.3, -0.25) is 4.99 Å². The average Bonchev–Trinajstić information content (AvgIpc) is 2.63. The molecule has 12 heteroatoms. The summed E-state index contributed by atoms with van der Waals surface area (Å²) in [6.07, 6.45) is 3.77. The predicted molar refractivity (Wildman–Crippen MR) is 114 cm³/mol. The molecule has 0 radical (unpaired) electrons. The summed E-state index contributed by atoms with van der Waals surface area (Å²) in [5.41, 5.74) is -5.23. The van der Waals surface area contributed by atoms with Gasteiger partial charge in [-0.1, -0.05) is 13.3 Å². The standard InChI is InChI=1S/C16H31F3N4O3S.HI/c1-3-4-11-26-12-5-8-21-15(20-2)22-13-14-6-9-23(10-7-14)27(24,25)16(17,18)19;/h14H,3-13H2,1-2H3,(H2,20,21,22);1H. The van der Waals surface area contributed by atoms with Gasteiger partial charge < -0.3 is 15.4 Å². The molecule has 28 heavy (non-hydrogen) atoms. The first kappa shape index (κ1) is 27.7. The van der Waals surface area contributed by atoms with Gasteiger partial charge in [0, 0.05) is 46.4 Å². The van der Waals surface area contributed by atoms with Crippen molar-refractivity contribution < 1.29 is 26.3 Å². The number of hydrogen-bond acceptors (Lipinski definition) is 4. The third-order valence-corrected chi connectivity index (χ3v) is 6.02. The van der Waals surface area contributed by atoms with Crippen LogP contribution in [0.2, 0.25) is 0 Å². The highest BCUT2D eigenvalue weighted by Crippen LogP contribution is 2.30. The first-order valence-electron chi connectivity index (χ1n) is 9.31. The Bertz CT molecular complexity index is 554. The Morgan fingerprint density at radius 2 is 1.79 bits per heavy atom. The summed E-state index contributed by atoms with van der Waals surface area (Å²) in [6, 6.07) is 0. The topological polar surface area (TPSA) is 83.0 Å². The normalized spacial score (nSPS) is 17.2. The Kier molecular flexibility index (Phi) is 13.6. The summed E-state index contributed by atoms with van der Waals surface area (Å²) in [6.45, 7) is 4.56.